The lowest BCUT2D eigenvalue weighted by Crippen LogP contribution is -2.28. The van der Waals surface area contributed by atoms with Gasteiger partial charge in [-0.25, -0.2) is 9.37 Å². The third kappa shape index (κ3) is 3.00. The van der Waals surface area contributed by atoms with E-state index >= 15 is 0 Å². The largest absolute Gasteiger partial charge is 0.469 e. The Labute approximate surface area is 127 Å². The number of nitrogens with one attached hydrogen (secondary N) is 1. The number of aromatic nitrogens is 2. The van der Waals surface area contributed by atoms with Gasteiger partial charge in [-0.15, -0.1) is 0 Å². The normalized spacial score (nSPS) is 11.7. The van der Waals surface area contributed by atoms with Crippen LogP contribution in [0.3, 0.4) is 0 Å². The van der Waals surface area contributed by atoms with Crippen LogP contribution in [-0.4, -0.2) is 23.0 Å². The number of hydrogen-bond acceptors (Lipinski definition) is 4. The second-order valence-corrected chi connectivity index (χ2v) is 5.89. The maximum Gasteiger partial charge on any atom is 0.311 e. The summed E-state index contributed by atoms with van der Waals surface area (Å²) in [6, 6.07) is 2.90. The van der Waals surface area contributed by atoms with Gasteiger partial charge in [-0.05, 0) is 38.0 Å². The number of benzene rings is 1. The minimum absolute atomic E-state index is 0.0558. The van der Waals surface area contributed by atoms with Gasteiger partial charge in [-0.3, -0.25) is 9.59 Å². The van der Waals surface area contributed by atoms with Crippen LogP contribution in [0.2, 0.25) is 0 Å². The highest BCUT2D eigenvalue weighted by atomic mass is 19.1. The van der Waals surface area contributed by atoms with Crippen molar-refractivity contribution in [3.63, 3.8) is 0 Å². The molecule has 1 N–H and O–H groups in total. The first-order valence-electron chi connectivity index (χ1n) is 7.08. The van der Waals surface area contributed by atoms with Gasteiger partial charge < -0.3 is 9.72 Å². The molecule has 5 nitrogen and oxygen atoms in total. The Hall–Kier alpha value is -2.24. The summed E-state index contributed by atoms with van der Waals surface area (Å²) in [6.45, 7) is 5.25. The molecule has 0 radical (unpaired) electrons. The first-order chi connectivity index (χ1) is 10.3. The molecule has 6 heteroatoms. The molecule has 0 fully saturated rings. The number of aryl methyl sites for hydroxylation is 1. The minimum Gasteiger partial charge on any atom is -0.469 e. The number of nitrogens with zero attached hydrogens (tertiary/aromatic N) is 1. The number of carbonyl (C=O) groups is 1. The van der Waals surface area contributed by atoms with Crippen molar-refractivity contribution >= 4 is 16.9 Å². The molecule has 0 amide bonds. The molecular formula is C16H19FN2O3. The maximum atomic E-state index is 14.3. The predicted molar refractivity (Wildman–Crippen MR) is 81.2 cm³/mol. The lowest BCUT2D eigenvalue weighted by molar-refractivity contribution is -0.150. The Morgan fingerprint density at radius 1 is 1.41 bits per heavy atom. The van der Waals surface area contributed by atoms with Crippen LogP contribution in [0.25, 0.3) is 10.9 Å². The fourth-order valence-corrected chi connectivity index (χ4v) is 2.43. The van der Waals surface area contributed by atoms with Gasteiger partial charge in [0.1, 0.15) is 17.2 Å². The average molecular weight is 306 g/mol. The van der Waals surface area contributed by atoms with Crippen LogP contribution in [0.4, 0.5) is 4.39 Å². The van der Waals surface area contributed by atoms with E-state index in [0.29, 0.717) is 17.8 Å². The van der Waals surface area contributed by atoms with E-state index in [2.05, 4.69) is 9.97 Å². The molecule has 0 saturated carbocycles. The lowest BCUT2D eigenvalue weighted by Gasteiger charge is -2.21. The number of methoxy groups -OCH3 is 1. The standard InChI is InChI=1S/C16H19FN2O3/c1-5-12-18-13-10(14(20)19-12)6-9(7-11(13)17)8-16(2,3)15(21)22-4/h6-7H,5,8H2,1-4H3,(H,18,19,20). The van der Waals surface area contributed by atoms with Gasteiger partial charge >= 0.3 is 5.97 Å². The summed E-state index contributed by atoms with van der Waals surface area (Å²) in [7, 11) is 1.31. The van der Waals surface area contributed by atoms with E-state index in [0.717, 1.165) is 0 Å². The number of ether oxygens (including phenoxy) is 1. The highest BCUT2D eigenvalue weighted by Gasteiger charge is 2.29. The fraction of sp³-hybridized carbons (Fsp3) is 0.438. The topological polar surface area (TPSA) is 72.0 Å². The quantitative estimate of drug-likeness (QED) is 0.880. The van der Waals surface area contributed by atoms with Crippen molar-refractivity contribution in [3.8, 4) is 0 Å². The molecule has 0 aliphatic rings. The number of aromatic amines is 1. The third-order valence-corrected chi connectivity index (χ3v) is 3.59. The lowest BCUT2D eigenvalue weighted by atomic mass is 9.85. The molecule has 0 aliphatic carbocycles. The van der Waals surface area contributed by atoms with Gasteiger partial charge in [0, 0.05) is 6.42 Å². The van der Waals surface area contributed by atoms with Crippen LogP contribution in [0.5, 0.6) is 0 Å². The summed E-state index contributed by atoms with van der Waals surface area (Å²) in [5.74, 6) is -0.505. The minimum atomic E-state index is -0.807. The Balaban J connectivity index is 2.53. The van der Waals surface area contributed by atoms with Crippen LogP contribution in [0.15, 0.2) is 16.9 Å². The summed E-state index contributed by atoms with van der Waals surface area (Å²) in [4.78, 5) is 30.6. The second kappa shape index (κ2) is 5.87. The molecule has 1 heterocycles. The van der Waals surface area contributed by atoms with Crippen LogP contribution >= 0.6 is 0 Å². The molecule has 1 aromatic carbocycles. The summed E-state index contributed by atoms with van der Waals surface area (Å²) in [5.41, 5.74) is -0.575. The molecular weight excluding hydrogens is 287 g/mol. The first-order valence-corrected chi connectivity index (χ1v) is 7.08. The highest BCUT2D eigenvalue weighted by Crippen LogP contribution is 2.25. The zero-order chi connectivity index (χ0) is 16.5. The van der Waals surface area contributed by atoms with Gasteiger partial charge in [0.2, 0.25) is 0 Å². The molecule has 2 rings (SSSR count). The summed E-state index contributed by atoms with van der Waals surface area (Å²) < 4.78 is 19.0. The van der Waals surface area contributed by atoms with E-state index in [1.54, 1.807) is 19.9 Å². The number of carbonyl (C=O) groups excluding carboxylic acids is 1. The average Bonchev–Trinajstić information content (AvgIpc) is 2.46. The Morgan fingerprint density at radius 3 is 2.68 bits per heavy atom. The third-order valence-electron chi connectivity index (χ3n) is 3.59. The molecule has 0 spiro atoms. The smallest absolute Gasteiger partial charge is 0.311 e. The molecule has 22 heavy (non-hydrogen) atoms. The van der Waals surface area contributed by atoms with E-state index in [1.807, 2.05) is 6.92 Å². The van der Waals surface area contributed by atoms with Gasteiger partial charge in [-0.1, -0.05) is 6.92 Å². The SMILES string of the molecule is CCc1nc2c(F)cc(CC(C)(C)C(=O)OC)cc2c(=O)[nH]1. The van der Waals surface area contributed by atoms with Crippen LogP contribution in [-0.2, 0) is 22.4 Å². The molecule has 118 valence electrons. The van der Waals surface area contributed by atoms with Crippen molar-refractivity contribution in [2.45, 2.75) is 33.6 Å². The number of esters is 1. The zero-order valence-corrected chi connectivity index (χ0v) is 13.1. The number of rotatable bonds is 4. The zero-order valence-electron chi connectivity index (χ0n) is 13.1. The number of H-pyrrole nitrogens is 1. The molecule has 0 atom stereocenters. The van der Waals surface area contributed by atoms with Crippen molar-refractivity contribution < 1.29 is 13.9 Å². The van der Waals surface area contributed by atoms with Crippen molar-refractivity contribution in [1.82, 2.24) is 9.97 Å². The molecule has 2 aromatic rings. The molecule has 1 aromatic heterocycles. The predicted octanol–water partition coefficient (Wildman–Crippen LogP) is 2.37. The van der Waals surface area contributed by atoms with E-state index in [4.69, 9.17) is 4.74 Å². The maximum absolute atomic E-state index is 14.3. The molecule has 0 aliphatic heterocycles. The van der Waals surface area contributed by atoms with Crippen LogP contribution < -0.4 is 5.56 Å². The van der Waals surface area contributed by atoms with Gasteiger partial charge in [0.25, 0.3) is 5.56 Å². The van der Waals surface area contributed by atoms with E-state index in [1.165, 1.54) is 13.2 Å². The second-order valence-electron chi connectivity index (χ2n) is 5.89. The van der Waals surface area contributed by atoms with Gasteiger partial charge in [0.15, 0.2) is 0 Å². The summed E-state index contributed by atoms with van der Waals surface area (Å²) in [5, 5.41) is 0.188. The fourth-order valence-electron chi connectivity index (χ4n) is 2.43. The Kier molecular flexibility index (Phi) is 4.30. The van der Waals surface area contributed by atoms with Gasteiger partial charge in [0.05, 0.1) is 17.9 Å². The highest BCUT2D eigenvalue weighted by molar-refractivity contribution is 5.80. The Bertz CT molecular complexity index is 781. The number of fused-ring (bicyclic) bond motifs is 1. The van der Waals surface area contributed by atoms with Crippen molar-refractivity contribution in [3.05, 3.63) is 39.7 Å². The number of halogens is 1. The van der Waals surface area contributed by atoms with E-state index < -0.39 is 11.2 Å². The number of hydrogen-bond donors (Lipinski definition) is 1. The first kappa shape index (κ1) is 16.1. The van der Waals surface area contributed by atoms with E-state index in [-0.39, 0.29) is 28.9 Å². The molecule has 0 unspecified atom stereocenters. The molecule has 0 bridgehead atoms. The summed E-state index contributed by atoms with van der Waals surface area (Å²) >= 11 is 0. The Morgan fingerprint density at radius 2 is 2.09 bits per heavy atom. The van der Waals surface area contributed by atoms with Crippen molar-refractivity contribution in [2.24, 2.45) is 5.41 Å². The summed E-state index contributed by atoms with van der Waals surface area (Å²) in [6.07, 6.45) is 0.781. The van der Waals surface area contributed by atoms with Crippen LogP contribution in [0.1, 0.15) is 32.2 Å². The molecule has 0 saturated heterocycles. The van der Waals surface area contributed by atoms with E-state index in [9.17, 15) is 14.0 Å². The van der Waals surface area contributed by atoms with Crippen LogP contribution in [0, 0.1) is 11.2 Å². The van der Waals surface area contributed by atoms with Crippen molar-refractivity contribution in [2.75, 3.05) is 7.11 Å². The van der Waals surface area contributed by atoms with Gasteiger partial charge in [-0.2, -0.15) is 0 Å². The monoisotopic (exact) mass is 306 g/mol. The van der Waals surface area contributed by atoms with Crippen molar-refractivity contribution in [1.29, 1.82) is 0 Å².